The van der Waals surface area contributed by atoms with Crippen molar-refractivity contribution in [2.75, 3.05) is 165 Å². The first-order valence-electron chi connectivity index (χ1n) is 22.4. The van der Waals surface area contributed by atoms with Gasteiger partial charge in [-0.3, -0.25) is 29.1 Å². The van der Waals surface area contributed by atoms with Gasteiger partial charge in [-0.05, 0) is 13.0 Å². The number of carbonyl (C=O) groups is 4. The minimum atomic E-state index is -3.23. The van der Waals surface area contributed by atoms with Crippen molar-refractivity contribution in [2.45, 2.75) is 29.9 Å². The van der Waals surface area contributed by atoms with Crippen LogP contribution < -0.4 is 11.1 Å². The molecule has 4 heterocycles. The number of imide groups is 1. The highest BCUT2D eigenvalue weighted by atomic mass is 32.2. The minimum absolute atomic E-state index is 0.121. The van der Waals surface area contributed by atoms with Crippen molar-refractivity contribution >= 4 is 51.0 Å². The van der Waals surface area contributed by atoms with Crippen LogP contribution in [0.3, 0.4) is 0 Å². The number of amides is 4. The van der Waals surface area contributed by atoms with Gasteiger partial charge >= 0.3 is 0 Å². The first-order chi connectivity index (χ1) is 32.6. The number of nitrogens with two attached hydrogens (primary N) is 1. The van der Waals surface area contributed by atoms with Crippen molar-refractivity contribution in [1.29, 1.82) is 4.78 Å². The van der Waals surface area contributed by atoms with Crippen LogP contribution in [-0.4, -0.2) is 219 Å². The van der Waals surface area contributed by atoms with Crippen LogP contribution in [0.15, 0.2) is 40.1 Å². The minimum Gasteiger partial charge on any atom is -0.498 e. The molecule has 0 saturated carbocycles. The van der Waals surface area contributed by atoms with Crippen molar-refractivity contribution in [3.63, 3.8) is 0 Å². The molecule has 1 atom stereocenters. The van der Waals surface area contributed by atoms with Crippen LogP contribution in [0.2, 0.25) is 0 Å². The van der Waals surface area contributed by atoms with Gasteiger partial charge < -0.3 is 68.1 Å². The van der Waals surface area contributed by atoms with Crippen molar-refractivity contribution in [1.82, 2.24) is 20.1 Å². The van der Waals surface area contributed by atoms with E-state index in [1.54, 1.807) is 17.0 Å². The van der Waals surface area contributed by atoms with E-state index in [1.807, 2.05) is 6.92 Å². The van der Waals surface area contributed by atoms with E-state index in [9.17, 15) is 23.4 Å². The van der Waals surface area contributed by atoms with Crippen molar-refractivity contribution in [2.24, 2.45) is 10.7 Å². The Morgan fingerprint density at radius 2 is 1.18 bits per heavy atom. The molecule has 4 N–H and O–H groups in total. The largest absolute Gasteiger partial charge is 0.498 e. The number of hydrogen-bond donors (Lipinski definition) is 3. The smallest absolute Gasteiger partial charge is 0.254 e. The number of likely N-dealkylation sites (tertiary alicyclic amines) is 1. The highest BCUT2D eigenvalue weighted by Crippen LogP contribution is 2.31. The number of hydrogen-bond acceptors (Lipinski definition) is 20. The molecule has 1 aromatic heterocycles. The molecule has 1 aromatic rings. The van der Waals surface area contributed by atoms with Crippen LogP contribution in [0.5, 0.6) is 0 Å². The average molecular weight is 970 g/mol. The van der Waals surface area contributed by atoms with E-state index in [-0.39, 0.29) is 56.6 Å². The Labute approximate surface area is 391 Å². The van der Waals surface area contributed by atoms with Crippen molar-refractivity contribution in [3.05, 3.63) is 35.9 Å². The normalized spacial score (nSPS) is 15.8. The lowest BCUT2D eigenvalue weighted by Crippen LogP contribution is -2.56. The Balaban J connectivity index is 0.813. The van der Waals surface area contributed by atoms with Gasteiger partial charge in [0.15, 0.2) is 0 Å². The van der Waals surface area contributed by atoms with E-state index in [1.165, 1.54) is 6.20 Å². The lowest BCUT2D eigenvalue weighted by Gasteiger charge is -2.40. The van der Waals surface area contributed by atoms with Crippen LogP contribution in [0, 0.1) is 4.78 Å². The second-order valence-corrected chi connectivity index (χ2v) is 17.1. The first kappa shape index (κ1) is 55.1. The SMILES string of the molecule is CCOC1=Cc2ncc(S(=N)(=O)C3CN(C(=O)CCOCCOCCOCCOCCOCCOCCOCCOCCOCCOCCNC(=O)CN4C(=O)C=CC4=O)C3)cc2N=C(N)C1. The fourth-order valence-corrected chi connectivity index (χ4v) is 7.82. The number of aliphatic imine (C=N–C) groups is 1. The van der Waals surface area contributed by atoms with E-state index < -0.39 is 32.7 Å². The summed E-state index contributed by atoms with van der Waals surface area (Å²) in [6, 6.07) is 1.59. The Bertz CT molecular complexity index is 1860. The second kappa shape index (κ2) is 32.3. The first-order valence-corrected chi connectivity index (χ1v) is 24.0. The summed E-state index contributed by atoms with van der Waals surface area (Å²) in [5.74, 6) is -0.578. The van der Waals surface area contributed by atoms with Gasteiger partial charge in [0.2, 0.25) is 11.8 Å². The van der Waals surface area contributed by atoms with Crippen molar-refractivity contribution in [3.8, 4) is 0 Å². The summed E-state index contributed by atoms with van der Waals surface area (Å²) >= 11 is 0. The molecule has 376 valence electrons. The molecule has 23 nitrogen and oxygen atoms in total. The fraction of sp³-hybridized carbons (Fsp3) is 0.674. The molecule has 0 aromatic carbocycles. The number of rotatable bonds is 39. The number of nitrogens with one attached hydrogen (secondary N) is 2. The van der Waals surface area contributed by atoms with Crippen LogP contribution >= 0.6 is 0 Å². The van der Waals surface area contributed by atoms with E-state index in [2.05, 4.69) is 15.3 Å². The molecule has 1 fully saturated rings. The molecule has 4 rings (SSSR count). The molecule has 3 aliphatic rings. The zero-order valence-electron chi connectivity index (χ0n) is 38.4. The van der Waals surface area contributed by atoms with Gasteiger partial charge in [-0.25, -0.2) is 14.0 Å². The van der Waals surface area contributed by atoms with Gasteiger partial charge in [-0.2, -0.15) is 0 Å². The average Bonchev–Trinajstić information content (AvgIpc) is 3.49. The number of amidine groups is 1. The molecule has 1 unspecified atom stereocenters. The lowest BCUT2D eigenvalue weighted by atomic mass is 10.2. The lowest BCUT2D eigenvalue weighted by molar-refractivity contribution is -0.141. The van der Waals surface area contributed by atoms with E-state index >= 15 is 0 Å². The predicted octanol–water partition coefficient (Wildman–Crippen LogP) is 0.0652. The number of nitrogens with zero attached hydrogens (tertiary/aromatic N) is 4. The number of aromatic nitrogens is 1. The van der Waals surface area contributed by atoms with Gasteiger partial charge in [0.1, 0.15) is 18.1 Å². The summed E-state index contributed by atoms with van der Waals surface area (Å²) in [5.41, 5.74) is 7.00. The quantitative estimate of drug-likeness (QED) is 0.0581. The standard InChI is InChI=1S/C43H67N7O16S/c1-2-66-34-27-37-38(48-39(44)28-34)29-35(30-47-37)67(45,55)36-31-49(32-36)41(52)5-7-56-9-11-58-13-15-60-17-19-62-21-23-64-25-26-65-24-22-63-20-18-61-16-14-59-12-10-57-8-6-46-40(51)33-50-42(53)3-4-43(50)54/h3-4,27,29-30,36,45H,2,5-26,28,31-33H2,1H3,(H2,44,48)(H,46,51). The summed E-state index contributed by atoms with van der Waals surface area (Å²) < 4.78 is 82.5. The topological polar surface area (TPSA) is 281 Å². The third-order valence-electron chi connectivity index (χ3n) is 9.72. The summed E-state index contributed by atoms with van der Waals surface area (Å²) in [6.07, 6.45) is 5.96. The van der Waals surface area contributed by atoms with Crippen LogP contribution in [0.4, 0.5) is 5.69 Å². The molecular weight excluding hydrogens is 903 g/mol. The number of ether oxygens (including phenoxy) is 11. The molecule has 4 amide bonds. The monoisotopic (exact) mass is 969 g/mol. The Kier molecular flexibility index (Phi) is 26.6. The molecule has 1 saturated heterocycles. The number of carbonyl (C=O) groups excluding carboxylic acids is 4. The molecular formula is C43H67N7O16S. The summed E-state index contributed by atoms with van der Waals surface area (Å²) in [4.78, 5) is 58.8. The third kappa shape index (κ3) is 21.6. The van der Waals surface area contributed by atoms with Crippen LogP contribution in [0.25, 0.3) is 6.08 Å². The zero-order valence-corrected chi connectivity index (χ0v) is 39.2. The van der Waals surface area contributed by atoms with E-state index in [4.69, 9.17) is 62.6 Å². The molecule has 0 radical (unpaired) electrons. The van der Waals surface area contributed by atoms with Gasteiger partial charge in [0.25, 0.3) is 11.8 Å². The van der Waals surface area contributed by atoms with E-state index in [0.29, 0.717) is 155 Å². The Morgan fingerprint density at radius 3 is 1.64 bits per heavy atom. The van der Waals surface area contributed by atoms with E-state index in [0.717, 1.165) is 17.1 Å². The number of pyridine rings is 1. The van der Waals surface area contributed by atoms with Gasteiger partial charge in [0, 0.05) is 44.1 Å². The molecule has 3 aliphatic heterocycles. The van der Waals surface area contributed by atoms with Crippen LogP contribution in [-0.2, 0) is 81.0 Å². The molecule has 24 heteroatoms. The van der Waals surface area contributed by atoms with Crippen molar-refractivity contribution < 1.29 is 75.5 Å². The Hall–Kier alpha value is -4.47. The third-order valence-corrected chi connectivity index (χ3v) is 11.9. The number of fused-ring (bicyclic) bond motifs is 1. The molecule has 0 bridgehead atoms. The van der Waals surface area contributed by atoms with Gasteiger partial charge in [-0.15, -0.1) is 0 Å². The Morgan fingerprint density at radius 1 is 0.731 bits per heavy atom. The summed E-state index contributed by atoms with van der Waals surface area (Å²) in [7, 11) is -3.23. The maximum absolute atomic E-state index is 13.5. The summed E-state index contributed by atoms with van der Waals surface area (Å²) in [6.45, 7) is 10.7. The van der Waals surface area contributed by atoms with Crippen LogP contribution in [0.1, 0.15) is 25.5 Å². The van der Waals surface area contributed by atoms with Gasteiger partial charge in [-0.1, -0.05) is 0 Å². The molecule has 0 aliphatic carbocycles. The second-order valence-electron chi connectivity index (χ2n) is 14.7. The maximum Gasteiger partial charge on any atom is 0.254 e. The highest BCUT2D eigenvalue weighted by Gasteiger charge is 2.38. The predicted molar refractivity (Wildman–Crippen MR) is 241 cm³/mol. The molecule has 0 spiro atoms. The summed E-state index contributed by atoms with van der Waals surface area (Å²) in [5, 5.41) is 2.08. The van der Waals surface area contributed by atoms with Gasteiger partial charge in [0.05, 0.1) is 183 Å². The molecule has 67 heavy (non-hydrogen) atoms. The highest BCUT2D eigenvalue weighted by molar-refractivity contribution is 7.93. The fourth-order valence-electron chi connectivity index (χ4n) is 6.16. The zero-order chi connectivity index (χ0) is 48.0. The maximum atomic E-state index is 13.5.